The van der Waals surface area contributed by atoms with Crippen molar-refractivity contribution in [3.63, 3.8) is 0 Å². The van der Waals surface area contributed by atoms with Gasteiger partial charge in [0, 0.05) is 17.3 Å². The standard InChI is InChI=1S/C23H25F2N3O6/c1-2-3-10-33-17-7-4-15(5-8-17)23(32)27-13-22(31)34-14-21(30)26-12-20(29)28-16-6-9-18(24)19(25)11-16/h4-9,11H,2-3,10,12-14H2,1H3,(H,26,30)(H,27,32)(H,28,29). The third kappa shape index (κ3) is 9.23. The summed E-state index contributed by atoms with van der Waals surface area (Å²) in [5, 5.41) is 6.85. The summed E-state index contributed by atoms with van der Waals surface area (Å²) < 4.78 is 36.2. The monoisotopic (exact) mass is 477 g/mol. The number of anilines is 1. The molecule has 0 aromatic heterocycles. The Hall–Kier alpha value is -4.02. The molecule has 3 N–H and O–H groups in total. The Morgan fingerprint density at radius 3 is 2.29 bits per heavy atom. The highest BCUT2D eigenvalue weighted by atomic mass is 19.2. The van der Waals surface area contributed by atoms with Gasteiger partial charge in [-0.1, -0.05) is 13.3 Å². The second-order valence-electron chi connectivity index (χ2n) is 7.02. The molecular weight excluding hydrogens is 452 g/mol. The van der Waals surface area contributed by atoms with Crippen molar-refractivity contribution in [3.05, 3.63) is 59.7 Å². The molecule has 9 nitrogen and oxygen atoms in total. The maximum Gasteiger partial charge on any atom is 0.325 e. The number of unbranched alkanes of at least 4 members (excludes halogenated alkanes) is 1. The van der Waals surface area contributed by atoms with Crippen molar-refractivity contribution in [2.75, 3.05) is 31.6 Å². The molecule has 0 unspecified atom stereocenters. The van der Waals surface area contributed by atoms with Gasteiger partial charge in [0.05, 0.1) is 13.2 Å². The van der Waals surface area contributed by atoms with E-state index in [0.717, 1.165) is 31.0 Å². The van der Waals surface area contributed by atoms with Crippen LogP contribution in [0.1, 0.15) is 30.1 Å². The third-order valence-electron chi connectivity index (χ3n) is 4.29. The minimum atomic E-state index is -1.13. The summed E-state index contributed by atoms with van der Waals surface area (Å²) in [5.41, 5.74) is 0.333. The number of hydrogen-bond acceptors (Lipinski definition) is 6. The predicted molar refractivity (Wildman–Crippen MR) is 118 cm³/mol. The second kappa shape index (κ2) is 13.5. The first-order chi connectivity index (χ1) is 16.3. The highest BCUT2D eigenvalue weighted by Crippen LogP contribution is 2.13. The van der Waals surface area contributed by atoms with Gasteiger partial charge in [0.1, 0.15) is 12.3 Å². The lowest BCUT2D eigenvalue weighted by atomic mass is 10.2. The van der Waals surface area contributed by atoms with E-state index in [1.165, 1.54) is 0 Å². The number of hydrogen-bond donors (Lipinski definition) is 3. The van der Waals surface area contributed by atoms with Gasteiger partial charge in [0.25, 0.3) is 11.8 Å². The van der Waals surface area contributed by atoms with Gasteiger partial charge in [-0.2, -0.15) is 0 Å². The van der Waals surface area contributed by atoms with E-state index >= 15 is 0 Å². The van der Waals surface area contributed by atoms with Gasteiger partial charge in [-0.05, 0) is 42.8 Å². The summed E-state index contributed by atoms with van der Waals surface area (Å²) >= 11 is 0. The summed E-state index contributed by atoms with van der Waals surface area (Å²) in [5.74, 6) is -4.37. The van der Waals surface area contributed by atoms with E-state index in [-0.39, 0.29) is 5.69 Å². The molecule has 0 fully saturated rings. The number of rotatable bonds is 12. The lowest BCUT2D eigenvalue weighted by Gasteiger charge is -2.09. The highest BCUT2D eigenvalue weighted by molar-refractivity contribution is 5.96. The second-order valence-corrected chi connectivity index (χ2v) is 7.02. The molecule has 0 aliphatic rings. The molecule has 0 spiro atoms. The zero-order chi connectivity index (χ0) is 24.9. The first-order valence-electron chi connectivity index (χ1n) is 10.5. The van der Waals surface area contributed by atoms with Crippen molar-refractivity contribution in [1.29, 1.82) is 0 Å². The normalized spacial score (nSPS) is 10.2. The van der Waals surface area contributed by atoms with Crippen molar-refractivity contribution < 1.29 is 37.4 Å². The van der Waals surface area contributed by atoms with E-state index in [9.17, 15) is 28.0 Å². The van der Waals surface area contributed by atoms with Gasteiger partial charge in [-0.25, -0.2) is 8.78 Å². The first-order valence-corrected chi connectivity index (χ1v) is 10.5. The molecule has 0 aliphatic carbocycles. The van der Waals surface area contributed by atoms with Crippen LogP contribution in [0.2, 0.25) is 0 Å². The van der Waals surface area contributed by atoms with Crippen molar-refractivity contribution in [2.45, 2.75) is 19.8 Å². The van der Waals surface area contributed by atoms with Crippen LogP contribution in [-0.4, -0.2) is 50.0 Å². The summed E-state index contributed by atoms with van der Waals surface area (Å²) in [7, 11) is 0. The number of esters is 1. The molecule has 0 aliphatic heterocycles. The molecule has 182 valence electrons. The molecule has 0 atom stereocenters. The number of nitrogens with one attached hydrogen (secondary N) is 3. The Balaban J connectivity index is 1.64. The van der Waals surface area contributed by atoms with E-state index in [0.29, 0.717) is 17.9 Å². The minimum absolute atomic E-state index is 0.0129. The zero-order valence-corrected chi connectivity index (χ0v) is 18.5. The Labute approximate surface area is 194 Å². The van der Waals surface area contributed by atoms with Crippen LogP contribution in [0.4, 0.5) is 14.5 Å². The van der Waals surface area contributed by atoms with Gasteiger partial charge in [-0.3, -0.25) is 19.2 Å². The lowest BCUT2D eigenvalue weighted by molar-refractivity contribution is -0.147. The fraction of sp³-hybridized carbons (Fsp3) is 0.304. The molecule has 11 heteroatoms. The number of amides is 3. The molecular formula is C23H25F2N3O6. The van der Waals surface area contributed by atoms with Crippen LogP contribution < -0.4 is 20.7 Å². The van der Waals surface area contributed by atoms with E-state index < -0.39 is 55.0 Å². The van der Waals surface area contributed by atoms with Gasteiger partial charge in [-0.15, -0.1) is 0 Å². The molecule has 2 aromatic carbocycles. The average Bonchev–Trinajstić information content (AvgIpc) is 2.82. The molecule has 0 heterocycles. The predicted octanol–water partition coefficient (Wildman–Crippen LogP) is 2.17. The van der Waals surface area contributed by atoms with E-state index in [2.05, 4.69) is 22.9 Å². The van der Waals surface area contributed by atoms with Gasteiger partial charge >= 0.3 is 5.97 Å². The minimum Gasteiger partial charge on any atom is -0.494 e. The summed E-state index contributed by atoms with van der Waals surface area (Å²) in [4.78, 5) is 47.3. The van der Waals surface area contributed by atoms with Gasteiger partial charge in [0.15, 0.2) is 18.2 Å². The lowest BCUT2D eigenvalue weighted by Crippen LogP contribution is -2.37. The third-order valence-corrected chi connectivity index (χ3v) is 4.29. The number of ether oxygens (including phenoxy) is 2. The smallest absolute Gasteiger partial charge is 0.325 e. The molecule has 0 saturated carbocycles. The maximum absolute atomic E-state index is 13.1. The molecule has 34 heavy (non-hydrogen) atoms. The van der Waals surface area contributed by atoms with Crippen LogP contribution in [-0.2, 0) is 19.1 Å². The number of halogens is 2. The molecule has 2 aromatic rings. The quantitative estimate of drug-likeness (QED) is 0.318. The van der Waals surface area contributed by atoms with Crippen LogP contribution in [0, 0.1) is 11.6 Å². The van der Waals surface area contributed by atoms with E-state index in [1.807, 2.05) is 0 Å². The first kappa shape index (κ1) is 26.2. The van der Waals surface area contributed by atoms with Crippen LogP contribution in [0.25, 0.3) is 0 Å². The summed E-state index contributed by atoms with van der Waals surface area (Å²) in [6.07, 6.45) is 1.93. The van der Waals surface area contributed by atoms with Crippen LogP contribution in [0.15, 0.2) is 42.5 Å². The molecule has 0 saturated heterocycles. The van der Waals surface area contributed by atoms with Gasteiger partial charge < -0.3 is 25.4 Å². The molecule has 2 rings (SSSR count). The van der Waals surface area contributed by atoms with Gasteiger partial charge in [0.2, 0.25) is 5.91 Å². The molecule has 3 amide bonds. The number of carbonyl (C=O) groups excluding carboxylic acids is 4. The summed E-state index contributed by atoms with van der Waals surface area (Å²) in [6, 6.07) is 9.21. The Kier molecular flexibility index (Phi) is 10.4. The number of carbonyl (C=O) groups is 4. The average molecular weight is 477 g/mol. The summed E-state index contributed by atoms with van der Waals surface area (Å²) in [6.45, 7) is 1.02. The Morgan fingerprint density at radius 1 is 0.882 bits per heavy atom. The topological polar surface area (TPSA) is 123 Å². The van der Waals surface area contributed by atoms with Crippen molar-refractivity contribution >= 4 is 29.4 Å². The van der Waals surface area contributed by atoms with Crippen molar-refractivity contribution in [1.82, 2.24) is 10.6 Å². The van der Waals surface area contributed by atoms with E-state index in [1.54, 1.807) is 24.3 Å². The van der Waals surface area contributed by atoms with E-state index in [4.69, 9.17) is 9.47 Å². The van der Waals surface area contributed by atoms with Crippen LogP contribution >= 0.6 is 0 Å². The maximum atomic E-state index is 13.1. The Bertz CT molecular complexity index is 1010. The van der Waals surface area contributed by atoms with Crippen LogP contribution in [0.5, 0.6) is 5.75 Å². The van der Waals surface area contributed by atoms with Crippen molar-refractivity contribution in [3.8, 4) is 5.75 Å². The number of benzene rings is 2. The zero-order valence-electron chi connectivity index (χ0n) is 18.5. The fourth-order valence-electron chi connectivity index (χ4n) is 2.50. The fourth-order valence-corrected chi connectivity index (χ4v) is 2.50. The molecule has 0 radical (unpaired) electrons. The largest absolute Gasteiger partial charge is 0.494 e. The van der Waals surface area contributed by atoms with Crippen LogP contribution in [0.3, 0.4) is 0 Å². The Morgan fingerprint density at radius 2 is 1.62 bits per heavy atom. The molecule has 0 bridgehead atoms. The SMILES string of the molecule is CCCCOc1ccc(C(=O)NCC(=O)OCC(=O)NCC(=O)Nc2ccc(F)c(F)c2)cc1. The van der Waals surface area contributed by atoms with Crippen molar-refractivity contribution in [2.24, 2.45) is 0 Å². The highest BCUT2D eigenvalue weighted by Gasteiger charge is 2.12.